The van der Waals surface area contributed by atoms with Gasteiger partial charge in [-0.05, 0) is 44.4 Å². The number of hydrogen-bond donors (Lipinski definition) is 2. The molecule has 0 radical (unpaired) electrons. The van der Waals surface area contributed by atoms with Gasteiger partial charge < -0.3 is 20.5 Å². The van der Waals surface area contributed by atoms with E-state index in [9.17, 15) is 9.90 Å². The van der Waals surface area contributed by atoms with E-state index >= 15 is 0 Å². The Balaban J connectivity index is 1.58. The van der Waals surface area contributed by atoms with Gasteiger partial charge in [-0.3, -0.25) is 9.69 Å². The number of aryl methyl sites for hydroxylation is 1. The monoisotopic (exact) mass is 347 g/mol. The van der Waals surface area contributed by atoms with Crippen LogP contribution in [0.25, 0.3) is 0 Å². The Morgan fingerprint density at radius 3 is 2.68 bits per heavy atom. The van der Waals surface area contributed by atoms with E-state index in [0.717, 1.165) is 13.1 Å². The Hall–Kier alpha value is -1.63. The number of rotatable bonds is 4. The minimum absolute atomic E-state index is 0.437. The molecule has 0 aromatic heterocycles. The number of hydrogen-bond acceptors (Lipinski definition) is 5. The third kappa shape index (κ3) is 4.14. The largest absolute Gasteiger partial charge is 0.388 e. The fourth-order valence-electron chi connectivity index (χ4n) is 3.82. The number of carbonyl (C=O) groups is 1. The maximum atomic E-state index is 11.6. The molecule has 0 spiro atoms. The molecule has 2 aliphatic heterocycles. The average Bonchev–Trinajstić information content (AvgIpc) is 2.55. The molecule has 25 heavy (non-hydrogen) atoms. The molecule has 2 aliphatic rings. The van der Waals surface area contributed by atoms with E-state index < -0.39 is 17.1 Å². The van der Waals surface area contributed by atoms with Crippen LogP contribution >= 0.6 is 0 Å². The van der Waals surface area contributed by atoms with Gasteiger partial charge in [0.15, 0.2) is 5.60 Å². The number of piperidine rings is 1. The second-order valence-corrected chi connectivity index (χ2v) is 7.70. The van der Waals surface area contributed by atoms with Gasteiger partial charge in [-0.15, -0.1) is 0 Å². The zero-order chi connectivity index (χ0) is 18.1. The van der Waals surface area contributed by atoms with Crippen LogP contribution in [0.2, 0.25) is 0 Å². The van der Waals surface area contributed by atoms with Crippen molar-refractivity contribution in [1.82, 2.24) is 4.90 Å². The van der Waals surface area contributed by atoms with E-state index in [1.165, 1.54) is 11.3 Å². The van der Waals surface area contributed by atoms with Crippen molar-refractivity contribution >= 4 is 11.6 Å². The molecule has 2 saturated heterocycles. The van der Waals surface area contributed by atoms with Gasteiger partial charge in [0, 0.05) is 38.4 Å². The number of carbonyl (C=O) groups excluding carboxylic acids is 1. The first-order valence-electron chi connectivity index (χ1n) is 9.00. The smallest absolute Gasteiger partial charge is 0.250 e. The van der Waals surface area contributed by atoms with Gasteiger partial charge in [-0.25, -0.2) is 0 Å². The molecule has 6 nitrogen and oxygen atoms in total. The standard InChI is InChI=1S/C19H29N3O3/c1-15-4-3-5-16(12-15)22-8-6-19(24,7-9-22)14-21-10-11-25-18(2,13-21)17(20)23/h3-5,12,24H,6-11,13-14H2,1-2H3,(H2,20,23)/t18-/m0/s1. The van der Waals surface area contributed by atoms with Gasteiger partial charge in [-0.2, -0.15) is 0 Å². The molecule has 2 fully saturated rings. The second-order valence-electron chi connectivity index (χ2n) is 7.70. The number of nitrogens with two attached hydrogens (primary N) is 1. The van der Waals surface area contributed by atoms with Crippen LogP contribution in [0.15, 0.2) is 24.3 Å². The maximum absolute atomic E-state index is 11.6. The van der Waals surface area contributed by atoms with Crippen molar-refractivity contribution < 1.29 is 14.6 Å². The molecule has 0 saturated carbocycles. The molecule has 0 bridgehead atoms. The SMILES string of the molecule is Cc1cccc(N2CCC(O)(CN3CCO[C@](C)(C(N)=O)C3)CC2)c1. The van der Waals surface area contributed by atoms with Gasteiger partial charge in [0.1, 0.15) is 0 Å². The van der Waals surface area contributed by atoms with Crippen molar-refractivity contribution in [1.29, 1.82) is 0 Å². The first kappa shape index (κ1) is 18.2. The highest BCUT2D eigenvalue weighted by Gasteiger charge is 2.41. The van der Waals surface area contributed by atoms with E-state index in [2.05, 4.69) is 41.0 Å². The maximum Gasteiger partial charge on any atom is 0.250 e. The molecule has 1 aromatic carbocycles. The molecule has 0 aliphatic carbocycles. The van der Waals surface area contributed by atoms with Gasteiger partial charge >= 0.3 is 0 Å². The van der Waals surface area contributed by atoms with E-state index in [1.807, 2.05) is 0 Å². The summed E-state index contributed by atoms with van der Waals surface area (Å²) in [4.78, 5) is 16.1. The van der Waals surface area contributed by atoms with Crippen LogP contribution in [-0.2, 0) is 9.53 Å². The van der Waals surface area contributed by atoms with Crippen LogP contribution < -0.4 is 10.6 Å². The number of benzene rings is 1. The summed E-state index contributed by atoms with van der Waals surface area (Å²) >= 11 is 0. The molecule has 1 amide bonds. The zero-order valence-corrected chi connectivity index (χ0v) is 15.2. The highest BCUT2D eigenvalue weighted by atomic mass is 16.5. The van der Waals surface area contributed by atoms with Crippen molar-refractivity contribution in [2.24, 2.45) is 5.73 Å². The molecule has 0 unspecified atom stereocenters. The normalized spacial score (nSPS) is 27.2. The number of anilines is 1. The number of amides is 1. The number of β-amino-alcohol motifs (C(OH)–C–C–N with tert-alkyl or cyclic N) is 1. The summed E-state index contributed by atoms with van der Waals surface area (Å²) in [6, 6.07) is 8.48. The Bertz CT molecular complexity index is 628. The molecule has 1 atom stereocenters. The second kappa shape index (κ2) is 6.94. The highest BCUT2D eigenvalue weighted by molar-refractivity contribution is 5.83. The highest BCUT2D eigenvalue weighted by Crippen LogP contribution is 2.29. The fraction of sp³-hybridized carbons (Fsp3) is 0.632. The van der Waals surface area contributed by atoms with Crippen LogP contribution in [0.1, 0.15) is 25.3 Å². The lowest BCUT2D eigenvalue weighted by atomic mass is 9.89. The number of aliphatic hydroxyl groups is 1. The Labute approximate surface area is 149 Å². The molecular formula is C19H29N3O3. The van der Waals surface area contributed by atoms with E-state index in [0.29, 0.717) is 39.1 Å². The topological polar surface area (TPSA) is 79.0 Å². The third-order valence-electron chi connectivity index (χ3n) is 5.45. The van der Waals surface area contributed by atoms with Crippen LogP contribution in [0.3, 0.4) is 0 Å². The average molecular weight is 347 g/mol. The summed E-state index contributed by atoms with van der Waals surface area (Å²) in [6.45, 7) is 7.66. The van der Waals surface area contributed by atoms with E-state index in [1.54, 1.807) is 6.92 Å². The molecule has 2 heterocycles. The van der Waals surface area contributed by atoms with Crippen LogP contribution in [0.4, 0.5) is 5.69 Å². The van der Waals surface area contributed by atoms with Gasteiger partial charge in [0.2, 0.25) is 0 Å². The molecule has 1 aromatic rings. The number of ether oxygens (including phenoxy) is 1. The van der Waals surface area contributed by atoms with Crippen molar-refractivity contribution in [3.05, 3.63) is 29.8 Å². The van der Waals surface area contributed by atoms with Gasteiger partial charge in [0.05, 0.1) is 12.2 Å². The summed E-state index contributed by atoms with van der Waals surface area (Å²) in [7, 11) is 0. The van der Waals surface area contributed by atoms with Gasteiger partial charge in [-0.1, -0.05) is 12.1 Å². The van der Waals surface area contributed by atoms with Crippen LogP contribution in [0.5, 0.6) is 0 Å². The summed E-state index contributed by atoms with van der Waals surface area (Å²) in [6.07, 6.45) is 1.43. The minimum Gasteiger partial charge on any atom is -0.388 e. The van der Waals surface area contributed by atoms with E-state index in [4.69, 9.17) is 10.5 Å². The lowest BCUT2D eigenvalue weighted by Crippen LogP contribution is -2.60. The summed E-state index contributed by atoms with van der Waals surface area (Å²) in [5.74, 6) is -0.446. The third-order valence-corrected chi connectivity index (χ3v) is 5.45. The lowest BCUT2D eigenvalue weighted by Gasteiger charge is -2.45. The Morgan fingerprint density at radius 1 is 1.32 bits per heavy atom. The predicted molar refractivity (Wildman–Crippen MR) is 97.6 cm³/mol. The van der Waals surface area contributed by atoms with Crippen molar-refractivity contribution in [3.63, 3.8) is 0 Å². The molecule has 3 N–H and O–H groups in total. The van der Waals surface area contributed by atoms with Gasteiger partial charge in [0.25, 0.3) is 5.91 Å². The van der Waals surface area contributed by atoms with Crippen LogP contribution in [0, 0.1) is 6.92 Å². The predicted octanol–water partition coefficient (Wildman–Crippen LogP) is 0.903. The molecule has 3 rings (SSSR count). The summed E-state index contributed by atoms with van der Waals surface area (Å²) < 4.78 is 5.56. The Morgan fingerprint density at radius 2 is 2.04 bits per heavy atom. The zero-order valence-electron chi connectivity index (χ0n) is 15.2. The first-order chi connectivity index (χ1) is 11.8. The molecular weight excluding hydrogens is 318 g/mol. The number of morpholine rings is 1. The minimum atomic E-state index is -0.961. The number of nitrogens with zero attached hydrogens (tertiary/aromatic N) is 2. The quantitative estimate of drug-likeness (QED) is 0.846. The number of primary amides is 1. The van der Waals surface area contributed by atoms with Crippen molar-refractivity contribution in [2.45, 2.75) is 37.9 Å². The lowest BCUT2D eigenvalue weighted by molar-refractivity contribution is -0.157. The molecule has 6 heteroatoms. The summed E-state index contributed by atoms with van der Waals surface area (Å²) in [5.41, 5.74) is 6.24. The summed E-state index contributed by atoms with van der Waals surface area (Å²) in [5, 5.41) is 11.0. The fourth-order valence-corrected chi connectivity index (χ4v) is 3.82. The molecule has 138 valence electrons. The van der Waals surface area contributed by atoms with E-state index in [-0.39, 0.29) is 0 Å². The van der Waals surface area contributed by atoms with Crippen molar-refractivity contribution in [2.75, 3.05) is 44.2 Å². The first-order valence-corrected chi connectivity index (χ1v) is 9.00. The van der Waals surface area contributed by atoms with Crippen molar-refractivity contribution in [3.8, 4) is 0 Å². The van der Waals surface area contributed by atoms with Crippen LogP contribution in [-0.4, -0.2) is 66.4 Å². The Kier molecular flexibility index (Phi) is 5.04.